The molecule has 0 heterocycles. The Balaban J connectivity index is 3.14. The van der Waals surface area contributed by atoms with Crippen molar-refractivity contribution >= 4 is 10.1 Å². The fraction of sp³-hybridized carbons (Fsp3) is 0. The van der Waals surface area contributed by atoms with E-state index in [2.05, 4.69) is 0 Å². The molecule has 0 amide bonds. The van der Waals surface area contributed by atoms with E-state index in [4.69, 9.17) is 0 Å². The maximum atomic E-state index is 11.4. The molecule has 92 valence electrons. The normalized spacial score (nSPS) is 12.9. The van der Waals surface area contributed by atoms with E-state index >= 15 is 0 Å². The lowest BCUT2D eigenvalue weighted by Crippen LogP contribution is -1.98. The van der Waals surface area contributed by atoms with Gasteiger partial charge in [-0.15, -0.1) is 0 Å². The van der Waals surface area contributed by atoms with Crippen LogP contribution < -0.4 is 0 Å². The van der Waals surface area contributed by atoms with Crippen LogP contribution in [0.25, 0.3) is 0 Å². The average molecular weight is 260 g/mol. The number of rotatable bonds is 1. The minimum atomic E-state index is -4.26. The minimum absolute atomic E-state index is 0.102. The molecule has 0 saturated carbocycles. The van der Waals surface area contributed by atoms with E-state index in [1.165, 1.54) is 6.07 Å². The molecule has 0 radical (unpaired) electrons. The Morgan fingerprint density at radius 3 is 1.83 bits per heavy atom. The Morgan fingerprint density at radius 2 is 1.22 bits per heavy atom. The first-order valence-corrected chi connectivity index (χ1v) is 6.81. The third kappa shape index (κ3) is 2.85. The minimum Gasteiger partial charge on any atom is -0.282 e. The lowest BCUT2D eigenvalue weighted by Gasteiger charge is -1.96. The fourth-order valence-corrected chi connectivity index (χ4v) is 2.39. The smallest absolute Gasteiger partial charge is 0.282 e. The Morgan fingerprint density at radius 1 is 0.722 bits per heavy atom. The van der Waals surface area contributed by atoms with Gasteiger partial charge in [0.05, 0.1) is 0 Å². The zero-order valence-electron chi connectivity index (χ0n) is 9.52. The van der Waals surface area contributed by atoms with Crippen LogP contribution in [0.1, 0.15) is 0 Å². The van der Waals surface area contributed by atoms with Crippen LogP contribution in [0.4, 0.5) is 0 Å². The summed E-state index contributed by atoms with van der Waals surface area (Å²) in [5, 5.41) is 1.20. The molecule has 0 atom stereocenters. The predicted molar refractivity (Wildman–Crippen MR) is 69.2 cm³/mol. The lowest BCUT2D eigenvalue weighted by molar-refractivity contribution is 0.482. The van der Waals surface area contributed by atoms with Gasteiger partial charge in [-0.25, -0.2) is 0 Å². The van der Waals surface area contributed by atoms with E-state index in [0.29, 0.717) is 5.22 Å². The van der Waals surface area contributed by atoms with E-state index in [1.54, 1.807) is 42.5 Å². The summed E-state index contributed by atoms with van der Waals surface area (Å²) < 4.78 is 32.1. The Kier molecular flexibility index (Phi) is 3.60. The van der Waals surface area contributed by atoms with E-state index in [9.17, 15) is 13.0 Å². The molecule has 2 aliphatic carbocycles. The van der Waals surface area contributed by atoms with Gasteiger partial charge < -0.3 is 0 Å². The second-order valence-electron chi connectivity index (χ2n) is 3.72. The summed E-state index contributed by atoms with van der Waals surface area (Å²) in [7, 11) is -4.26. The molecule has 1 N–H and O–H groups in total. The summed E-state index contributed by atoms with van der Waals surface area (Å²) in [5.41, 5.74) is 0. The van der Waals surface area contributed by atoms with E-state index in [1.807, 2.05) is 18.2 Å². The molecule has 2 rings (SSSR count). The van der Waals surface area contributed by atoms with Crippen LogP contribution >= 0.6 is 0 Å². The highest BCUT2D eigenvalue weighted by molar-refractivity contribution is 7.85. The predicted octanol–water partition coefficient (Wildman–Crippen LogP) is 2.78. The molecular weight excluding hydrogens is 248 g/mol. The highest BCUT2D eigenvalue weighted by Crippen LogP contribution is 2.10. The summed E-state index contributed by atoms with van der Waals surface area (Å²) in [6, 6.07) is 18.9. The molecule has 0 unspecified atom stereocenters. The summed E-state index contributed by atoms with van der Waals surface area (Å²) >= 11 is 0. The largest absolute Gasteiger partial charge is 0.295 e. The topological polar surface area (TPSA) is 54.4 Å². The Hall–Kier alpha value is -1.91. The van der Waals surface area contributed by atoms with Crippen LogP contribution in [0.5, 0.6) is 0 Å². The zero-order chi connectivity index (χ0) is 13.0. The van der Waals surface area contributed by atoms with Crippen molar-refractivity contribution in [3.05, 3.63) is 77.2 Å². The maximum absolute atomic E-state index is 11.4. The summed E-state index contributed by atoms with van der Waals surface area (Å²) in [5.74, 6) is 0. The second-order valence-corrected chi connectivity index (χ2v) is 5.11. The highest BCUT2D eigenvalue weighted by Gasteiger charge is 2.09. The first-order chi connectivity index (χ1) is 8.59. The molecule has 0 bridgehead atoms. The van der Waals surface area contributed by atoms with Gasteiger partial charge in [-0.05, 0) is 11.3 Å². The molecule has 0 aromatic carbocycles. The van der Waals surface area contributed by atoms with Gasteiger partial charge >= 0.3 is 0 Å². The van der Waals surface area contributed by atoms with Crippen molar-refractivity contribution < 1.29 is 13.0 Å². The maximum Gasteiger partial charge on any atom is 0.295 e. The molecule has 3 nitrogen and oxygen atoms in total. The standard InChI is InChI=1S/C14H12O3S/c15-18(16,17)14-11-7-3-5-9-12-8-4-1-2-6-10-13(12)14/h1-11H,(H,15,16,17)/b2-1?,4-1?,5-3?,6-2?,7-3?,8-4?,9-5?,10-6?,11-7?,12-8?,12-9?,13-10?,13-12+,14-11?,14-13?. The average Bonchev–Trinajstić information content (AvgIpc) is 2.23. The van der Waals surface area contributed by atoms with Crippen molar-refractivity contribution in [1.82, 2.24) is 0 Å². The Bertz CT molecular complexity index is 753. The van der Waals surface area contributed by atoms with Crippen LogP contribution in [0.15, 0.2) is 71.6 Å². The second kappa shape index (κ2) is 5.16. The number of hydrogen-bond acceptors (Lipinski definition) is 2. The van der Waals surface area contributed by atoms with Crippen molar-refractivity contribution in [3.63, 3.8) is 0 Å². The van der Waals surface area contributed by atoms with Gasteiger partial charge in [0.15, 0.2) is 0 Å². The third-order valence-corrected chi connectivity index (χ3v) is 3.38. The van der Waals surface area contributed by atoms with Crippen LogP contribution in [0.3, 0.4) is 0 Å². The molecule has 0 fully saturated rings. The van der Waals surface area contributed by atoms with Gasteiger partial charge in [0.1, 0.15) is 4.90 Å². The van der Waals surface area contributed by atoms with Gasteiger partial charge in [0.2, 0.25) is 0 Å². The summed E-state index contributed by atoms with van der Waals surface area (Å²) in [6.45, 7) is 0. The van der Waals surface area contributed by atoms with E-state index < -0.39 is 10.1 Å². The van der Waals surface area contributed by atoms with Crippen LogP contribution in [0, 0.1) is 10.4 Å². The van der Waals surface area contributed by atoms with Crippen molar-refractivity contribution in [2.75, 3.05) is 0 Å². The molecular formula is C14H12O3S. The molecule has 0 aromatic heterocycles. The van der Waals surface area contributed by atoms with Gasteiger partial charge in [0.25, 0.3) is 10.1 Å². The van der Waals surface area contributed by atoms with Crippen LogP contribution in [0.2, 0.25) is 0 Å². The molecule has 0 aromatic rings. The van der Waals surface area contributed by atoms with E-state index in [0.717, 1.165) is 5.22 Å². The quantitative estimate of drug-likeness (QED) is 0.802. The molecule has 2 aliphatic rings. The van der Waals surface area contributed by atoms with Crippen molar-refractivity contribution in [3.8, 4) is 0 Å². The monoisotopic (exact) mass is 260 g/mol. The van der Waals surface area contributed by atoms with Gasteiger partial charge in [-0.1, -0.05) is 60.7 Å². The van der Waals surface area contributed by atoms with Crippen molar-refractivity contribution in [2.45, 2.75) is 4.90 Å². The van der Waals surface area contributed by atoms with Gasteiger partial charge in [-0.3, -0.25) is 4.55 Å². The first kappa shape index (κ1) is 12.5. The molecule has 0 aliphatic heterocycles. The molecule has 0 spiro atoms. The summed E-state index contributed by atoms with van der Waals surface area (Å²) in [6.07, 6.45) is 0. The SMILES string of the molecule is O=S(=O)(O)c1ccccc/c2cccccc/c1=2. The van der Waals surface area contributed by atoms with Gasteiger partial charge in [-0.2, -0.15) is 8.42 Å². The summed E-state index contributed by atoms with van der Waals surface area (Å²) in [4.78, 5) is -0.102. The zero-order valence-corrected chi connectivity index (χ0v) is 10.3. The Labute approximate surface area is 105 Å². The number of hydrogen-bond donors (Lipinski definition) is 1. The van der Waals surface area contributed by atoms with Gasteiger partial charge in [0, 0.05) is 5.22 Å². The molecule has 18 heavy (non-hydrogen) atoms. The van der Waals surface area contributed by atoms with Crippen LogP contribution in [-0.2, 0) is 10.1 Å². The molecule has 0 saturated heterocycles. The van der Waals surface area contributed by atoms with Crippen molar-refractivity contribution in [1.29, 1.82) is 0 Å². The fourth-order valence-electron chi connectivity index (χ4n) is 1.68. The highest BCUT2D eigenvalue weighted by atomic mass is 32.2. The van der Waals surface area contributed by atoms with Crippen molar-refractivity contribution in [2.24, 2.45) is 0 Å². The lowest BCUT2D eigenvalue weighted by atomic mass is 10.2. The van der Waals surface area contributed by atoms with E-state index in [-0.39, 0.29) is 4.90 Å². The molecule has 4 heteroatoms. The first-order valence-electron chi connectivity index (χ1n) is 5.37. The third-order valence-electron chi connectivity index (χ3n) is 2.47. The van der Waals surface area contributed by atoms with Crippen LogP contribution in [-0.4, -0.2) is 13.0 Å².